The molecule has 0 unspecified atom stereocenters. The number of amides is 2. The molecule has 3 rings (SSSR count). The first-order valence-corrected chi connectivity index (χ1v) is 8.50. The molecule has 1 aromatic rings. The van der Waals surface area contributed by atoms with Gasteiger partial charge in [0.05, 0.1) is 0 Å². The summed E-state index contributed by atoms with van der Waals surface area (Å²) in [7, 11) is 0. The maximum Gasteiger partial charge on any atom is 0.246 e. The molecule has 1 heterocycles. The second-order valence-corrected chi connectivity index (χ2v) is 6.68. The molecule has 5 heteroatoms. The van der Waals surface area contributed by atoms with E-state index in [4.69, 9.17) is 11.6 Å². The third-order valence-electron chi connectivity index (χ3n) is 4.34. The van der Waals surface area contributed by atoms with Crippen LogP contribution in [-0.4, -0.2) is 47.8 Å². The molecule has 1 aliphatic heterocycles. The summed E-state index contributed by atoms with van der Waals surface area (Å²) in [6, 6.07) is 7.37. The molecule has 0 aromatic heterocycles. The predicted octanol–water partition coefficient (Wildman–Crippen LogP) is 2.82. The summed E-state index contributed by atoms with van der Waals surface area (Å²) in [6.07, 6.45) is 6.21. The van der Waals surface area contributed by atoms with Crippen LogP contribution in [-0.2, 0) is 9.59 Å². The highest BCUT2D eigenvalue weighted by atomic mass is 35.5. The molecule has 2 amide bonds. The van der Waals surface area contributed by atoms with E-state index in [0.29, 0.717) is 37.0 Å². The first-order valence-electron chi connectivity index (χ1n) is 8.12. The quantitative estimate of drug-likeness (QED) is 0.795. The fourth-order valence-corrected chi connectivity index (χ4v) is 2.97. The van der Waals surface area contributed by atoms with Gasteiger partial charge >= 0.3 is 0 Å². The van der Waals surface area contributed by atoms with E-state index in [0.717, 1.165) is 12.1 Å². The standard InChI is InChI=1S/C18H21ClN2O2/c19-16-3-1-2-14(12-16)6-7-17(22)20-9-8-18(23)21(11-10-20)13-15-4-5-15/h1-3,6-7,12,15H,4-5,8-11,13H2/b7-6+. The minimum absolute atomic E-state index is 0.0500. The van der Waals surface area contributed by atoms with Gasteiger partial charge in [-0.1, -0.05) is 23.7 Å². The Morgan fingerprint density at radius 3 is 2.83 bits per heavy atom. The van der Waals surface area contributed by atoms with Crippen LogP contribution in [0.5, 0.6) is 0 Å². The van der Waals surface area contributed by atoms with Crippen LogP contribution in [0.2, 0.25) is 5.02 Å². The van der Waals surface area contributed by atoms with E-state index >= 15 is 0 Å². The van der Waals surface area contributed by atoms with Crippen LogP contribution in [0.3, 0.4) is 0 Å². The Kier molecular flexibility index (Phi) is 5.01. The van der Waals surface area contributed by atoms with E-state index in [9.17, 15) is 9.59 Å². The van der Waals surface area contributed by atoms with Gasteiger partial charge in [0.1, 0.15) is 0 Å². The molecule has 0 N–H and O–H groups in total. The Balaban J connectivity index is 1.57. The molecule has 122 valence electrons. The van der Waals surface area contributed by atoms with Gasteiger partial charge in [-0.05, 0) is 42.5 Å². The number of carbonyl (C=O) groups is 2. The van der Waals surface area contributed by atoms with E-state index in [1.54, 1.807) is 23.1 Å². The molecule has 23 heavy (non-hydrogen) atoms. The number of carbonyl (C=O) groups excluding carboxylic acids is 2. The van der Waals surface area contributed by atoms with Crippen molar-refractivity contribution in [3.63, 3.8) is 0 Å². The number of benzene rings is 1. The van der Waals surface area contributed by atoms with Crippen molar-refractivity contribution in [1.82, 2.24) is 9.80 Å². The maximum atomic E-state index is 12.3. The van der Waals surface area contributed by atoms with Gasteiger partial charge in [-0.3, -0.25) is 9.59 Å². The van der Waals surface area contributed by atoms with E-state index in [1.165, 1.54) is 12.8 Å². The van der Waals surface area contributed by atoms with Gasteiger partial charge in [0.15, 0.2) is 0 Å². The molecular weight excluding hydrogens is 312 g/mol. The number of halogens is 1. The lowest BCUT2D eigenvalue weighted by atomic mass is 10.2. The second-order valence-electron chi connectivity index (χ2n) is 6.25. The van der Waals surface area contributed by atoms with Gasteiger partial charge in [0.2, 0.25) is 11.8 Å². The van der Waals surface area contributed by atoms with Crippen molar-refractivity contribution in [3.05, 3.63) is 40.9 Å². The van der Waals surface area contributed by atoms with Crippen LogP contribution in [0.4, 0.5) is 0 Å². The fourth-order valence-electron chi connectivity index (χ4n) is 2.78. The molecule has 0 spiro atoms. The number of hydrogen-bond acceptors (Lipinski definition) is 2. The average Bonchev–Trinajstić information content (AvgIpc) is 3.36. The van der Waals surface area contributed by atoms with Crippen molar-refractivity contribution < 1.29 is 9.59 Å². The summed E-state index contributed by atoms with van der Waals surface area (Å²) in [5.74, 6) is 0.806. The summed E-state index contributed by atoms with van der Waals surface area (Å²) in [5, 5.41) is 0.649. The molecule has 0 atom stereocenters. The zero-order chi connectivity index (χ0) is 16.2. The van der Waals surface area contributed by atoms with Gasteiger partial charge in [-0.2, -0.15) is 0 Å². The number of nitrogens with zero attached hydrogens (tertiary/aromatic N) is 2. The third kappa shape index (κ3) is 4.58. The summed E-state index contributed by atoms with van der Waals surface area (Å²) >= 11 is 5.94. The summed E-state index contributed by atoms with van der Waals surface area (Å²) in [6.45, 7) is 2.61. The van der Waals surface area contributed by atoms with Crippen molar-refractivity contribution in [2.45, 2.75) is 19.3 Å². The lowest BCUT2D eigenvalue weighted by Crippen LogP contribution is -2.36. The SMILES string of the molecule is O=C(/C=C/c1cccc(Cl)c1)N1CCC(=O)N(CC2CC2)CC1. The third-order valence-corrected chi connectivity index (χ3v) is 4.58. The zero-order valence-corrected chi connectivity index (χ0v) is 13.8. The second kappa shape index (κ2) is 7.18. The molecule has 1 aliphatic carbocycles. The monoisotopic (exact) mass is 332 g/mol. The smallest absolute Gasteiger partial charge is 0.246 e. The molecule has 0 radical (unpaired) electrons. The Hall–Kier alpha value is -1.81. The average molecular weight is 333 g/mol. The molecule has 1 saturated carbocycles. The normalized spacial score (nSPS) is 19.3. The van der Waals surface area contributed by atoms with E-state index in [1.807, 2.05) is 23.1 Å². The minimum Gasteiger partial charge on any atom is -0.341 e. The molecule has 1 aromatic carbocycles. The van der Waals surface area contributed by atoms with Gasteiger partial charge in [0, 0.05) is 43.7 Å². The summed E-state index contributed by atoms with van der Waals surface area (Å²) in [5.41, 5.74) is 0.895. The summed E-state index contributed by atoms with van der Waals surface area (Å²) in [4.78, 5) is 28.1. The first-order chi connectivity index (χ1) is 11.1. The van der Waals surface area contributed by atoms with Crippen LogP contribution < -0.4 is 0 Å². The predicted molar refractivity (Wildman–Crippen MR) is 91.0 cm³/mol. The molecule has 2 fully saturated rings. The topological polar surface area (TPSA) is 40.6 Å². The van der Waals surface area contributed by atoms with Crippen LogP contribution >= 0.6 is 11.6 Å². The molecular formula is C18H21ClN2O2. The Labute approximate surface area is 141 Å². The van der Waals surface area contributed by atoms with E-state index in [-0.39, 0.29) is 11.8 Å². The lowest BCUT2D eigenvalue weighted by molar-refractivity contribution is -0.130. The van der Waals surface area contributed by atoms with Crippen molar-refractivity contribution in [1.29, 1.82) is 0 Å². The Morgan fingerprint density at radius 1 is 1.26 bits per heavy atom. The van der Waals surface area contributed by atoms with Gasteiger partial charge in [0.25, 0.3) is 0 Å². The largest absolute Gasteiger partial charge is 0.341 e. The van der Waals surface area contributed by atoms with E-state index < -0.39 is 0 Å². The zero-order valence-electron chi connectivity index (χ0n) is 13.1. The van der Waals surface area contributed by atoms with Crippen LogP contribution in [0.25, 0.3) is 6.08 Å². The van der Waals surface area contributed by atoms with Crippen LogP contribution in [0, 0.1) is 5.92 Å². The van der Waals surface area contributed by atoms with Crippen molar-refractivity contribution >= 4 is 29.5 Å². The number of rotatable bonds is 4. The van der Waals surface area contributed by atoms with Gasteiger partial charge < -0.3 is 9.80 Å². The van der Waals surface area contributed by atoms with Gasteiger partial charge in [-0.15, -0.1) is 0 Å². The molecule has 2 aliphatic rings. The van der Waals surface area contributed by atoms with Crippen molar-refractivity contribution in [2.75, 3.05) is 26.2 Å². The first kappa shape index (κ1) is 16.1. The Morgan fingerprint density at radius 2 is 2.09 bits per heavy atom. The Bertz CT molecular complexity index is 625. The van der Waals surface area contributed by atoms with E-state index in [2.05, 4.69) is 0 Å². The molecule has 4 nitrogen and oxygen atoms in total. The summed E-state index contributed by atoms with van der Waals surface area (Å²) < 4.78 is 0. The number of hydrogen-bond donors (Lipinski definition) is 0. The van der Waals surface area contributed by atoms with Crippen LogP contribution in [0.15, 0.2) is 30.3 Å². The highest BCUT2D eigenvalue weighted by Crippen LogP contribution is 2.30. The van der Waals surface area contributed by atoms with Gasteiger partial charge in [-0.25, -0.2) is 0 Å². The van der Waals surface area contributed by atoms with Crippen molar-refractivity contribution in [2.24, 2.45) is 5.92 Å². The van der Waals surface area contributed by atoms with Crippen molar-refractivity contribution in [3.8, 4) is 0 Å². The fraction of sp³-hybridized carbons (Fsp3) is 0.444. The molecule has 0 bridgehead atoms. The highest BCUT2D eigenvalue weighted by molar-refractivity contribution is 6.30. The maximum absolute atomic E-state index is 12.3. The highest BCUT2D eigenvalue weighted by Gasteiger charge is 2.29. The van der Waals surface area contributed by atoms with Crippen LogP contribution in [0.1, 0.15) is 24.8 Å². The molecule has 1 saturated heterocycles. The lowest BCUT2D eigenvalue weighted by Gasteiger charge is -2.21. The minimum atomic E-state index is -0.0500.